The number of non-ortho nitro benzene ring substituents is 1. The number of carboxylic acid groups (broad SMARTS) is 1. The SMILES string of the molecule is C[C@H](CC(=O)O)Oc1cc([N+](=O)[O-])ccc1Br. The molecule has 6 nitrogen and oxygen atoms in total. The number of ether oxygens (including phenoxy) is 1. The summed E-state index contributed by atoms with van der Waals surface area (Å²) in [5, 5.41) is 19.1. The van der Waals surface area contributed by atoms with Gasteiger partial charge in [-0.15, -0.1) is 0 Å². The fourth-order valence-electron chi connectivity index (χ4n) is 1.20. The van der Waals surface area contributed by atoms with Crippen molar-refractivity contribution >= 4 is 27.6 Å². The third-order valence-electron chi connectivity index (χ3n) is 1.92. The second-order valence-electron chi connectivity index (χ2n) is 3.40. The summed E-state index contributed by atoms with van der Waals surface area (Å²) in [4.78, 5) is 20.5. The summed E-state index contributed by atoms with van der Waals surface area (Å²) in [5.41, 5.74) is -0.106. The van der Waals surface area contributed by atoms with Crippen LogP contribution in [0.4, 0.5) is 5.69 Å². The van der Waals surface area contributed by atoms with Crippen molar-refractivity contribution in [1.29, 1.82) is 0 Å². The maximum absolute atomic E-state index is 10.6. The summed E-state index contributed by atoms with van der Waals surface area (Å²) < 4.78 is 5.86. The highest BCUT2D eigenvalue weighted by molar-refractivity contribution is 9.10. The molecule has 92 valence electrons. The van der Waals surface area contributed by atoms with Crippen LogP contribution in [0.2, 0.25) is 0 Å². The van der Waals surface area contributed by atoms with Crippen LogP contribution in [0.15, 0.2) is 22.7 Å². The zero-order valence-corrected chi connectivity index (χ0v) is 10.5. The van der Waals surface area contributed by atoms with Crippen LogP contribution in [0.1, 0.15) is 13.3 Å². The summed E-state index contributed by atoms with van der Waals surface area (Å²) in [5.74, 6) is -0.730. The fourth-order valence-corrected chi connectivity index (χ4v) is 1.54. The van der Waals surface area contributed by atoms with E-state index in [0.29, 0.717) is 4.47 Å². The molecule has 0 radical (unpaired) electrons. The van der Waals surface area contributed by atoms with Gasteiger partial charge in [0.25, 0.3) is 5.69 Å². The predicted octanol–water partition coefficient (Wildman–Crippen LogP) is 2.60. The first-order valence-electron chi connectivity index (χ1n) is 4.72. The second kappa shape index (κ2) is 5.62. The summed E-state index contributed by atoms with van der Waals surface area (Å²) in [6, 6.07) is 4.07. The van der Waals surface area contributed by atoms with E-state index in [2.05, 4.69) is 15.9 Å². The first kappa shape index (κ1) is 13.4. The van der Waals surface area contributed by atoms with Gasteiger partial charge in [-0.3, -0.25) is 14.9 Å². The van der Waals surface area contributed by atoms with Crippen molar-refractivity contribution in [2.75, 3.05) is 0 Å². The number of halogens is 1. The molecular formula is C10H10BrNO5. The molecule has 1 atom stereocenters. The number of hydrogen-bond acceptors (Lipinski definition) is 4. The normalized spacial score (nSPS) is 11.9. The van der Waals surface area contributed by atoms with E-state index in [1.807, 2.05) is 0 Å². The Morgan fingerprint density at radius 2 is 2.29 bits per heavy atom. The first-order chi connectivity index (χ1) is 7.90. The lowest BCUT2D eigenvalue weighted by Crippen LogP contribution is -2.16. The van der Waals surface area contributed by atoms with Crippen LogP contribution in [0, 0.1) is 10.1 Å². The molecule has 1 aromatic rings. The average Bonchev–Trinajstić information content (AvgIpc) is 2.19. The van der Waals surface area contributed by atoms with Gasteiger partial charge in [-0.25, -0.2) is 0 Å². The van der Waals surface area contributed by atoms with Gasteiger partial charge in [0.1, 0.15) is 11.9 Å². The molecule has 0 aliphatic carbocycles. The number of carbonyl (C=O) groups is 1. The van der Waals surface area contributed by atoms with Gasteiger partial charge >= 0.3 is 5.97 Å². The lowest BCUT2D eigenvalue weighted by atomic mass is 10.2. The number of rotatable bonds is 5. The maximum Gasteiger partial charge on any atom is 0.307 e. The number of nitrogens with zero attached hydrogens (tertiary/aromatic N) is 1. The molecule has 0 aromatic heterocycles. The second-order valence-corrected chi connectivity index (χ2v) is 4.25. The zero-order valence-electron chi connectivity index (χ0n) is 8.92. The molecule has 1 N–H and O–H groups in total. The molecule has 0 saturated carbocycles. The Kier molecular flexibility index (Phi) is 4.45. The molecule has 0 saturated heterocycles. The molecule has 0 bridgehead atoms. The van der Waals surface area contributed by atoms with E-state index in [4.69, 9.17) is 9.84 Å². The highest BCUT2D eigenvalue weighted by atomic mass is 79.9. The van der Waals surface area contributed by atoms with Gasteiger partial charge in [0.15, 0.2) is 0 Å². The Labute approximate surface area is 105 Å². The van der Waals surface area contributed by atoms with E-state index < -0.39 is 17.0 Å². The molecular weight excluding hydrogens is 294 g/mol. The van der Waals surface area contributed by atoms with Crippen molar-refractivity contribution < 1.29 is 19.6 Å². The molecule has 0 aliphatic rings. The third kappa shape index (κ3) is 4.03. The zero-order chi connectivity index (χ0) is 13.0. The fraction of sp³-hybridized carbons (Fsp3) is 0.300. The summed E-state index contributed by atoms with van der Waals surface area (Å²) in [7, 11) is 0. The highest BCUT2D eigenvalue weighted by Gasteiger charge is 2.14. The summed E-state index contributed by atoms with van der Waals surface area (Å²) in [6.45, 7) is 1.58. The Hall–Kier alpha value is -1.63. The topological polar surface area (TPSA) is 89.7 Å². The standard InChI is InChI=1S/C10H10BrNO5/c1-6(4-10(13)14)17-9-5-7(12(15)16)2-3-8(9)11/h2-3,5-6H,4H2,1H3,(H,13,14)/t6-/m1/s1. The summed E-state index contributed by atoms with van der Waals surface area (Å²) >= 11 is 3.18. The van der Waals surface area contributed by atoms with Gasteiger partial charge in [-0.2, -0.15) is 0 Å². The first-order valence-corrected chi connectivity index (χ1v) is 5.52. The lowest BCUT2D eigenvalue weighted by Gasteiger charge is -2.13. The smallest absolute Gasteiger partial charge is 0.307 e. The minimum Gasteiger partial charge on any atom is -0.489 e. The van der Waals surface area contributed by atoms with E-state index in [1.165, 1.54) is 18.2 Å². The van der Waals surface area contributed by atoms with E-state index >= 15 is 0 Å². The monoisotopic (exact) mass is 303 g/mol. The Balaban J connectivity index is 2.86. The molecule has 0 unspecified atom stereocenters. The van der Waals surface area contributed by atoms with Crippen molar-refractivity contribution in [3.8, 4) is 5.75 Å². The average molecular weight is 304 g/mol. The van der Waals surface area contributed by atoms with Crippen molar-refractivity contribution in [2.45, 2.75) is 19.4 Å². The Morgan fingerprint density at radius 3 is 2.82 bits per heavy atom. The minimum absolute atomic E-state index is 0.106. The van der Waals surface area contributed by atoms with Crippen molar-refractivity contribution in [1.82, 2.24) is 0 Å². The van der Waals surface area contributed by atoms with Crippen LogP contribution in [-0.2, 0) is 4.79 Å². The molecule has 0 aliphatic heterocycles. The number of carboxylic acids is 1. The third-order valence-corrected chi connectivity index (χ3v) is 2.57. The molecule has 0 spiro atoms. The molecule has 0 amide bonds. The number of nitro benzene ring substituents is 1. The van der Waals surface area contributed by atoms with Crippen LogP contribution in [0.5, 0.6) is 5.75 Å². The number of aliphatic carboxylic acids is 1. The van der Waals surface area contributed by atoms with Crippen LogP contribution in [0.3, 0.4) is 0 Å². The molecule has 0 heterocycles. The number of nitro groups is 1. The van der Waals surface area contributed by atoms with Gasteiger partial charge in [0, 0.05) is 6.07 Å². The van der Waals surface area contributed by atoms with Crippen molar-refractivity contribution in [2.24, 2.45) is 0 Å². The van der Waals surface area contributed by atoms with E-state index in [-0.39, 0.29) is 17.9 Å². The Morgan fingerprint density at radius 1 is 1.65 bits per heavy atom. The van der Waals surface area contributed by atoms with Crippen LogP contribution in [-0.4, -0.2) is 22.1 Å². The lowest BCUT2D eigenvalue weighted by molar-refractivity contribution is -0.385. The Bertz CT molecular complexity index is 448. The van der Waals surface area contributed by atoms with Crippen molar-refractivity contribution in [3.05, 3.63) is 32.8 Å². The van der Waals surface area contributed by atoms with E-state index in [0.717, 1.165) is 0 Å². The van der Waals surface area contributed by atoms with Crippen LogP contribution >= 0.6 is 15.9 Å². The van der Waals surface area contributed by atoms with Gasteiger partial charge in [-0.1, -0.05) is 0 Å². The van der Waals surface area contributed by atoms with E-state index in [9.17, 15) is 14.9 Å². The highest BCUT2D eigenvalue weighted by Crippen LogP contribution is 2.30. The van der Waals surface area contributed by atoms with Gasteiger partial charge in [-0.05, 0) is 28.9 Å². The molecule has 7 heteroatoms. The quantitative estimate of drug-likeness (QED) is 0.667. The van der Waals surface area contributed by atoms with E-state index in [1.54, 1.807) is 6.92 Å². The molecule has 1 aromatic carbocycles. The van der Waals surface area contributed by atoms with Crippen molar-refractivity contribution in [3.63, 3.8) is 0 Å². The predicted molar refractivity (Wildman–Crippen MR) is 63.1 cm³/mol. The molecule has 0 fully saturated rings. The van der Waals surface area contributed by atoms with Gasteiger partial charge in [0.2, 0.25) is 0 Å². The maximum atomic E-state index is 10.6. The van der Waals surface area contributed by atoms with Crippen LogP contribution < -0.4 is 4.74 Å². The number of benzene rings is 1. The molecule has 1 rings (SSSR count). The minimum atomic E-state index is -0.987. The van der Waals surface area contributed by atoms with Gasteiger partial charge in [0.05, 0.1) is 21.9 Å². The number of hydrogen-bond donors (Lipinski definition) is 1. The molecule has 17 heavy (non-hydrogen) atoms. The largest absolute Gasteiger partial charge is 0.489 e. The van der Waals surface area contributed by atoms with Gasteiger partial charge < -0.3 is 9.84 Å². The van der Waals surface area contributed by atoms with Crippen LogP contribution in [0.25, 0.3) is 0 Å². The summed E-state index contributed by atoms with van der Waals surface area (Å²) in [6.07, 6.45) is -0.736.